The lowest BCUT2D eigenvalue weighted by Gasteiger charge is -2.02. The van der Waals surface area contributed by atoms with Crippen LogP contribution in [0.5, 0.6) is 0 Å². The van der Waals surface area contributed by atoms with Crippen LogP contribution in [0.3, 0.4) is 0 Å². The van der Waals surface area contributed by atoms with Crippen LogP contribution in [0.4, 0.5) is 0 Å². The maximum atomic E-state index is 4.65. The number of nitrogens with one attached hydrogen (secondary N) is 1. The number of benzene rings is 1. The molecule has 19 heavy (non-hydrogen) atoms. The number of aromatic nitrogens is 1. The van der Waals surface area contributed by atoms with Crippen molar-refractivity contribution in [3.63, 3.8) is 0 Å². The number of aryl methyl sites for hydroxylation is 1. The number of nitrogens with zero attached hydrogens (tertiary/aromatic N) is 1. The molecule has 2 nitrogen and oxygen atoms in total. The Bertz CT molecular complexity index is 636. The first-order valence-corrected chi connectivity index (χ1v) is 8.11. The topological polar surface area (TPSA) is 24.9 Å². The largest absolute Gasteiger partial charge is 0.311 e. The maximum Gasteiger partial charge on any atom is 0.0951 e. The Labute approximate surface area is 121 Å². The third-order valence-corrected chi connectivity index (χ3v) is 5.23. The van der Waals surface area contributed by atoms with Crippen LogP contribution in [0.25, 0.3) is 10.2 Å². The lowest BCUT2D eigenvalue weighted by atomic mass is 10.3. The van der Waals surface area contributed by atoms with E-state index >= 15 is 0 Å². The predicted molar refractivity (Wildman–Crippen MR) is 84.1 cm³/mol. The summed E-state index contributed by atoms with van der Waals surface area (Å²) in [5.41, 5.74) is 2.51. The average Bonchev–Trinajstić information content (AvgIpc) is 3.00. The van der Waals surface area contributed by atoms with E-state index in [0.717, 1.165) is 25.0 Å². The summed E-state index contributed by atoms with van der Waals surface area (Å²) >= 11 is 3.62. The van der Waals surface area contributed by atoms with Gasteiger partial charge in [-0.25, -0.2) is 4.98 Å². The average molecular weight is 288 g/mol. The second kappa shape index (κ2) is 5.82. The molecule has 2 aromatic heterocycles. The van der Waals surface area contributed by atoms with Crippen LogP contribution >= 0.6 is 22.7 Å². The van der Waals surface area contributed by atoms with Gasteiger partial charge in [0.2, 0.25) is 0 Å². The van der Waals surface area contributed by atoms with E-state index in [1.165, 1.54) is 20.1 Å². The summed E-state index contributed by atoms with van der Waals surface area (Å²) in [6.07, 6.45) is 1.00. The number of hydrogen-bond donors (Lipinski definition) is 1. The zero-order valence-electron chi connectivity index (χ0n) is 10.8. The molecule has 3 rings (SSSR count). The highest BCUT2D eigenvalue weighted by Crippen LogP contribution is 2.21. The third-order valence-electron chi connectivity index (χ3n) is 3.11. The smallest absolute Gasteiger partial charge is 0.0951 e. The minimum atomic E-state index is 0.967. The molecule has 0 unspecified atom stereocenters. The Hall–Kier alpha value is -1.23. The fourth-order valence-electron chi connectivity index (χ4n) is 2.01. The Morgan fingerprint density at radius 2 is 2.11 bits per heavy atom. The first-order chi connectivity index (χ1) is 9.33. The van der Waals surface area contributed by atoms with Gasteiger partial charge in [-0.15, -0.1) is 22.7 Å². The Kier molecular flexibility index (Phi) is 3.92. The second-order valence-corrected chi connectivity index (χ2v) is 6.64. The summed E-state index contributed by atoms with van der Waals surface area (Å²) in [5, 5.41) is 6.87. The molecule has 0 atom stereocenters. The van der Waals surface area contributed by atoms with Gasteiger partial charge in [0.05, 0.1) is 15.2 Å². The van der Waals surface area contributed by atoms with Crippen molar-refractivity contribution in [2.45, 2.75) is 19.9 Å². The van der Waals surface area contributed by atoms with E-state index in [1.54, 1.807) is 11.3 Å². The molecular formula is C15H16N2S2. The van der Waals surface area contributed by atoms with E-state index in [2.05, 4.69) is 46.9 Å². The number of thiazole rings is 1. The zero-order chi connectivity index (χ0) is 13.1. The van der Waals surface area contributed by atoms with Crippen LogP contribution in [0.2, 0.25) is 0 Å². The molecule has 0 amide bonds. The highest BCUT2D eigenvalue weighted by Gasteiger charge is 2.03. The normalized spacial score (nSPS) is 11.2. The molecule has 0 fully saturated rings. The van der Waals surface area contributed by atoms with Crippen molar-refractivity contribution < 1.29 is 0 Å². The van der Waals surface area contributed by atoms with E-state index in [-0.39, 0.29) is 0 Å². The van der Waals surface area contributed by atoms with Gasteiger partial charge in [0.1, 0.15) is 0 Å². The molecule has 0 saturated heterocycles. The minimum Gasteiger partial charge on any atom is -0.311 e. The number of rotatable bonds is 5. The molecule has 0 radical (unpaired) electrons. The van der Waals surface area contributed by atoms with Gasteiger partial charge >= 0.3 is 0 Å². The SMILES string of the molecule is Cc1ccsc1CNCCc1nc2ccccc2s1. The van der Waals surface area contributed by atoms with E-state index in [0.29, 0.717) is 0 Å². The monoisotopic (exact) mass is 288 g/mol. The van der Waals surface area contributed by atoms with Gasteiger partial charge in [0.25, 0.3) is 0 Å². The number of para-hydroxylation sites is 1. The molecule has 0 aliphatic rings. The molecule has 98 valence electrons. The Morgan fingerprint density at radius 1 is 1.21 bits per heavy atom. The van der Waals surface area contributed by atoms with E-state index < -0.39 is 0 Å². The summed E-state index contributed by atoms with van der Waals surface area (Å²) in [6.45, 7) is 4.12. The van der Waals surface area contributed by atoms with Gasteiger partial charge in [-0.3, -0.25) is 0 Å². The van der Waals surface area contributed by atoms with Crippen molar-refractivity contribution in [1.82, 2.24) is 10.3 Å². The fraction of sp³-hybridized carbons (Fsp3) is 0.267. The molecule has 3 aromatic rings. The molecule has 2 heterocycles. The maximum absolute atomic E-state index is 4.65. The van der Waals surface area contributed by atoms with Crippen molar-refractivity contribution in [1.29, 1.82) is 0 Å². The molecule has 1 aromatic carbocycles. The molecule has 0 aliphatic heterocycles. The highest BCUT2D eigenvalue weighted by atomic mass is 32.1. The number of thiophene rings is 1. The van der Waals surface area contributed by atoms with Crippen molar-refractivity contribution in [3.05, 3.63) is 51.2 Å². The molecule has 0 aliphatic carbocycles. The standard InChI is InChI=1S/C15H16N2S2/c1-11-7-9-18-14(11)10-16-8-6-15-17-12-4-2-3-5-13(12)19-15/h2-5,7,9,16H,6,8,10H2,1H3. The minimum absolute atomic E-state index is 0.967. The summed E-state index contributed by atoms with van der Waals surface area (Å²) in [4.78, 5) is 6.08. The first kappa shape index (κ1) is 12.8. The Balaban J connectivity index is 1.53. The van der Waals surface area contributed by atoms with Crippen LogP contribution in [0.1, 0.15) is 15.4 Å². The van der Waals surface area contributed by atoms with Gasteiger partial charge in [-0.2, -0.15) is 0 Å². The van der Waals surface area contributed by atoms with Crippen LogP contribution in [0.15, 0.2) is 35.7 Å². The van der Waals surface area contributed by atoms with Crippen molar-refractivity contribution in [2.24, 2.45) is 0 Å². The van der Waals surface area contributed by atoms with Crippen LogP contribution < -0.4 is 5.32 Å². The van der Waals surface area contributed by atoms with Crippen LogP contribution in [0, 0.1) is 6.92 Å². The lowest BCUT2D eigenvalue weighted by molar-refractivity contribution is 0.690. The molecule has 0 saturated carbocycles. The fourth-order valence-corrected chi connectivity index (χ4v) is 3.85. The summed E-state index contributed by atoms with van der Waals surface area (Å²) in [7, 11) is 0. The van der Waals surface area contributed by atoms with Crippen LogP contribution in [-0.4, -0.2) is 11.5 Å². The highest BCUT2D eigenvalue weighted by molar-refractivity contribution is 7.18. The molecular weight excluding hydrogens is 272 g/mol. The molecule has 4 heteroatoms. The molecule has 0 spiro atoms. The quantitative estimate of drug-likeness (QED) is 0.718. The van der Waals surface area contributed by atoms with Gasteiger partial charge < -0.3 is 5.32 Å². The Morgan fingerprint density at radius 3 is 2.89 bits per heavy atom. The van der Waals surface area contributed by atoms with E-state index in [4.69, 9.17) is 0 Å². The van der Waals surface area contributed by atoms with Crippen LogP contribution in [-0.2, 0) is 13.0 Å². The summed E-state index contributed by atoms with van der Waals surface area (Å²) < 4.78 is 1.28. The van der Waals surface area contributed by atoms with Gasteiger partial charge in [-0.05, 0) is 36.1 Å². The number of hydrogen-bond acceptors (Lipinski definition) is 4. The third kappa shape index (κ3) is 3.03. The molecule has 0 bridgehead atoms. The molecule has 1 N–H and O–H groups in total. The summed E-state index contributed by atoms with van der Waals surface area (Å²) in [5.74, 6) is 0. The lowest BCUT2D eigenvalue weighted by Crippen LogP contribution is -2.16. The van der Waals surface area contributed by atoms with Crippen molar-refractivity contribution in [2.75, 3.05) is 6.54 Å². The van der Waals surface area contributed by atoms with Gasteiger partial charge in [0.15, 0.2) is 0 Å². The van der Waals surface area contributed by atoms with Gasteiger partial charge in [0, 0.05) is 24.4 Å². The van der Waals surface area contributed by atoms with Crippen molar-refractivity contribution in [3.8, 4) is 0 Å². The zero-order valence-corrected chi connectivity index (χ0v) is 12.5. The van der Waals surface area contributed by atoms with E-state index in [9.17, 15) is 0 Å². The second-order valence-electron chi connectivity index (χ2n) is 4.53. The summed E-state index contributed by atoms with van der Waals surface area (Å²) in [6, 6.07) is 10.5. The van der Waals surface area contributed by atoms with E-state index in [1.807, 2.05) is 17.4 Å². The van der Waals surface area contributed by atoms with Gasteiger partial charge in [-0.1, -0.05) is 12.1 Å². The number of fused-ring (bicyclic) bond motifs is 1. The van der Waals surface area contributed by atoms with Crippen molar-refractivity contribution >= 4 is 32.9 Å². The predicted octanol–water partition coefficient (Wildman–Crippen LogP) is 4.00. The first-order valence-electron chi connectivity index (χ1n) is 6.41.